The monoisotopic (exact) mass is 528 g/mol. The number of fused-ring (bicyclic) bond motifs is 2. The van der Waals surface area contributed by atoms with Crippen molar-refractivity contribution >= 4 is 28.6 Å². The molecule has 5 rings (SSSR count). The van der Waals surface area contributed by atoms with Crippen LogP contribution in [0.15, 0.2) is 64.5 Å². The van der Waals surface area contributed by atoms with Gasteiger partial charge in [-0.3, -0.25) is 14.0 Å². The molecule has 0 aliphatic carbocycles. The number of rotatable bonds is 5. The second-order valence-corrected chi connectivity index (χ2v) is 10.7. The van der Waals surface area contributed by atoms with Crippen LogP contribution in [0.5, 0.6) is 0 Å². The highest BCUT2D eigenvalue weighted by Crippen LogP contribution is 2.22. The minimum Gasteiger partial charge on any atom is -0.462 e. The zero-order valence-corrected chi connectivity index (χ0v) is 22.6. The fourth-order valence-electron chi connectivity index (χ4n) is 4.80. The van der Waals surface area contributed by atoms with Crippen molar-refractivity contribution < 1.29 is 19.1 Å². The van der Waals surface area contributed by atoms with Gasteiger partial charge in [-0.05, 0) is 61.1 Å². The van der Waals surface area contributed by atoms with Gasteiger partial charge in [-0.25, -0.2) is 9.78 Å². The molecule has 0 spiro atoms. The number of carbonyl (C=O) groups excluding carboxylic acids is 2. The summed E-state index contributed by atoms with van der Waals surface area (Å²) in [7, 11) is 0. The van der Waals surface area contributed by atoms with Crippen LogP contribution in [0.3, 0.4) is 0 Å². The first-order valence-electron chi connectivity index (χ1n) is 13.2. The summed E-state index contributed by atoms with van der Waals surface area (Å²) in [5.41, 5.74) is 1.94. The first-order valence-corrected chi connectivity index (χ1v) is 13.2. The Morgan fingerprint density at radius 3 is 2.59 bits per heavy atom. The predicted molar refractivity (Wildman–Crippen MR) is 147 cm³/mol. The average Bonchev–Trinajstić information content (AvgIpc) is 3.43. The van der Waals surface area contributed by atoms with Crippen LogP contribution in [0, 0.1) is 0 Å². The lowest BCUT2D eigenvalue weighted by Gasteiger charge is -2.19. The van der Waals surface area contributed by atoms with E-state index in [1.807, 2.05) is 12.1 Å². The van der Waals surface area contributed by atoms with E-state index in [0.29, 0.717) is 23.5 Å². The maximum absolute atomic E-state index is 13.5. The Balaban J connectivity index is 1.79. The molecule has 1 aliphatic rings. The Bertz CT molecular complexity index is 1690. The molecule has 1 amide bonds. The number of ether oxygens (including phenoxy) is 2. The quantitative estimate of drug-likeness (QED) is 0.286. The van der Waals surface area contributed by atoms with E-state index in [1.54, 1.807) is 48.0 Å². The van der Waals surface area contributed by atoms with Crippen LogP contribution in [-0.2, 0) is 21.4 Å². The van der Waals surface area contributed by atoms with Crippen LogP contribution in [0.2, 0.25) is 0 Å². The van der Waals surface area contributed by atoms with E-state index in [4.69, 9.17) is 14.5 Å². The molecular weight excluding hydrogens is 496 g/mol. The van der Waals surface area contributed by atoms with Gasteiger partial charge in [0.2, 0.25) is 0 Å². The number of aromatic nitrogens is 3. The van der Waals surface area contributed by atoms with E-state index in [2.05, 4.69) is 25.8 Å². The number of hydrogen-bond acceptors (Lipinski definition) is 6. The first-order chi connectivity index (χ1) is 18.7. The maximum Gasteiger partial charge on any atom is 0.341 e. The van der Waals surface area contributed by atoms with Crippen molar-refractivity contribution in [3.63, 3.8) is 0 Å². The molecule has 1 aromatic carbocycles. The Hall–Kier alpha value is -4.11. The van der Waals surface area contributed by atoms with Crippen molar-refractivity contribution in [3.8, 4) is 0 Å². The Morgan fingerprint density at radius 1 is 1.15 bits per heavy atom. The van der Waals surface area contributed by atoms with Crippen molar-refractivity contribution in [3.05, 3.63) is 87.3 Å². The molecule has 3 aromatic heterocycles. The molecule has 4 heterocycles. The normalized spacial score (nSPS) is 16.2. The zero-order valence-electron chi connectivity index (χ0n) is 22.6. The number of pyridine rings is 2. The van der Waals surface area contributed by atoms with Crippen molar-refractivity contribution in [2.75, 3.05) is 13.2 Å². The number of benzene rings is 1. The molecule has 1 atom stereocenters. The van der Waals surface area contributed by atoms with E-state index in [-0.39, 0.29) is 46.7 Å². The van der Waals surface area contributed by atoms with Crippen molar-refractivity contribution in [2.45, 2.75) is 58.6 Å². The molecule has 39 heavy (non-hydrogen) atoms. The summed E-state index contributed by atoms with van der Waals surface area (Å²) in [6.45, 7) is 9.01. The van der Waals surface area contributed by atoms with E-state index in [0.717, 1.165) is 18.4 Å². The molecule has 1 fully saturated rings. The molecule has 0 bridgehead atoms. The summed E-state index contributed by atoms with van der Waals surface area (Å²) < 4.78 is 14.3. The average molecular weight is 529 g/mol. The van der Waals surface area contributed by atoms with Gasteiger partial charge in [-0.2, -0.15) is 4.99 Å². The van der Waals surface area contributed by atoms with Gasteiger partial charge in [-0.1, -0.05) is 39.0 Å². The lowest BCUT2D eigenvalue weighted by atomic mass is 9.87. The van der Waals surface area contributed by atoms with Crippen molar-refractivity contribution in [1.82, 2.24) is 14.0 Å². The third kappa shape index (κ3) is 5.27. The maximum atomic E-state index is 13.5. The first kappa shape index (κ1) is 26.5. The molecule has 1 saturated heterocycles. The molecule has 202 valence electrons. The predicted octanol–water partition coefficient (Wildman–Crippen LogP) is 4.04. The second kappa shape index (κ2) is 10.6. The third-order valence-electron chi connectivity index (χ3n) is 6.90. The van der Waals surface area contributed by atoms with Gasteiger partial charge < -0.3 is 14.0 Å². The molecule has 4 aromatic rings. The highest BCUT2D eigenvalue weighted by Gasteiger charge is 2.24. The van der Waals surface area contributed by atoms with Gasteiger partial charge in [0, 0.05) is 18.4 Å². The van der Waals surface area contributed by atoms with Gasteiger partial charge >= 0.3 is 5.97 Å². The van der Waals surface area contributed by atoms with Gasteiger partial charge in [-0.15, -0.1) is 0 Å². The SMILES string of the molecule is CCOC(=O)c1cc2c(=O)n3ccccc3nc2n(CC2CCCO2)c1=NC(=O)c1ccc(C(C)(C)C)cc1. The van der Waals surface area contributed by atoms with Crippen LogP contribution in [0.4, 0.5) is 0 Å². The smallest absolute Gasteiger partial charge is 0.341 e. The summed E-state index contributed by atoms with van der Waals surface area (Å²) in [5, 5.41) is 0.223. The summed E-state index contributed by atoms with van der Waals surface area (Å²) in [6, 6.07) is 14.0. The number of nitrogens with zero attached hydrogens (tertiary/aromatic N) is 4. The largest absolute Gasteiger partial charge is 0.462 e. The third-order valence-corrected chi connectivity index (χ3v) is 6.90. The summed E-state index contributed by atoms with van der Waals surface area (Å²) >= 11 is 0. The minimum atomic E-state index is -0.673. The molecule has 0 N–H and O–H groups in total. The number of esters is 1. The van der Waals surface area contributed by atoms with Gasteiger partial charge in [0.05, 0.1) is 24.6 Å². The molecule has 0 saturated carbocycles. The fraction of sp³-hybridized carbons (Fsp3) is 0.367. The van der Waals surface area contributed by atoms with Crippen LogP contribution in [-0.4, -0.2) is 45.1 Å². The van der Waals surface area contributed by atoms with Crippen LogP contribution >= 0.6 is 0 Å². The Kier molecular flexibility index (Phi) is 7.18. The molecule has 1 aliphatic heterocycles. The molecular formula is C30H32N4O5. The van der Waals surface area contributed by atoms with Crippen LogP contribution < -0.4 is 11.0 Å². The minimum absolute atomic E-state index is 0.0248. The van der Waals surface area contributed by atoms with E-state index < -0.39 is 11.9 Å². The number of hydrogen-bond donors (Lipinski definition) is 0. The molecule has 9 heteroatoms. The lowest BCUT2D eigenvalue weighted by Crippen LogP contribution is -2.35. The number of carbonyl (C=O) groups is 2. The Morgan fingerprint density at radius 2 is 1.92 bits per heavy atom. The zero-order chi connectivity index (χ0) is 27.7. The van der Waals surface area contributed by atoms with Crippen molar-refractivity contribution in [1.29, 1.82) is 0 Å². The standard InChI is InChI=1S/C30H32N4O5/c1-5-38-29(37)23-17-22-25(31-24-10-6-7-15-33(24)28(22)36)34(18-21-9-8-16-39-21)26(23)32-27(35)19-11-13-20(14-12-19)30(2,3)4/h6-7,10-15,17,21H,5,8-9,16,18H2,1-4H3. The van der Waals surface area contributed by atoms with E-state index in [9.17, 15) is 14.4 Å². The number of amides is 1. The van der Waals surface area contributed by atoms with Gasteiger partial charge in [0.25, 0.3) is 11.5 Å². The molecule has 0 radical (unpaired) electrons. The Labute approximate surface area is 225 Å². The lowest BCUT2D eigenvalue weighted by molar-refractivity contribution is 0.0521. The van der Waals surface area contributed by atoms with Crippen LogP contribution in [0.1, 0.15) is 66.8 Å². The van der Waals surface area contributed by atoms with Gasteiger partial charge in [0.1, 0.15) is 16.9 Å². The summed E-state index contributed by atoms with van der Waals surface area (Å²) in [4.78, 5) is 49.3. The highest BCUT2D eigenvalue weighted by atomic mass is 16.5. The summed E-state index contributed by atoms with van der Waals surface area (Å²) in [6.07, 6.45) is 3.14. The van der Waals surface area contributed by atoms with E-state index in [1.165, 1.54) is 10.5 Å². The van der Waals surface area contributed by atoms with Crippen LogP contribution in [0.25, 0.3) is 16.7 Å². The van der Waals surface area contributed by atoms with Gasteiger partial charge in [0.15, 0.2) is 5.49 Å². The van der Waals surface area contributed by atoms with E-state index >= 15 is 0 Å². The highest BCUT2D eigenvalue weighted by molar-refractivity contribution is 5.97. The topological polar surface area (TPSA) is 104 Å². The molecule has 1 unspecified atom stereocenters. The summed E-state index contributed by atoms with van der Waals surface area (Å²) in [5.74, 6) is -1.19. The second-order valence-electron chi connectivity index (χ2n) is 10.7. The fourth-order valence-corrected chi connectivity index (χ4v) is 4.80. The molecule has 9 nitrogen and oxygen atoms in total. The van der Waals surface area contributed by atoms with Crippen molar-refractivity contribution in [2.24, 2.45) is 4.99 Å².